The number of alkyl halides is 1. The van der Waals surface area contributed by atoms with Gasteiger partial charge in [0.25, 0.3) is 0 Å². The minimum atomic E-state index is -0.757. The molecule has 1 aromatic carbocycles. The van der Waals surface area contributed by atoms with Crippen molar-refractivity contribution >= 4 is 5.95 Å². The summed E-state index contributed by atoms with van der Waals surface area (Å²) in [5.74, 6) is -0.263. The highest BCUT2D eigenvalue weighted by Crippen LogP contribution is 2.30. The molecule has 3 rings (SSSR count). The van der Waals surface area contributed by atoms with Crippen LogP contribution in [0.25, 0.3) is 22.6 Å². The molecule has 106 valence electrons. The summed E-state index contributed by atoms with van der Waals surface area (Å²) in [5.41, 5.74) is 7.66. The maximum absolute atomic E-state index is 13.2. The monoisotopic (exact) mass is 287 g/mol. The lowest BCUT2D eigenvalue weighted by molar-refractivity contribution is 0.379. The van der Waals surface area contributed by atoms with Gasteiger partial charge in [0.2, 0.25) is 5.95 Å². The summed E-state index contributed by atoms with van der Waals surface area (Å²) in [7, 11) is 0. The van der Waals surface area contributed by atoms with Crippen molar-refractivity contribution in [3.63, 3.8) is 0 Å². The Kier molecular flexibility index (Phi) is 3.31. The standard InChI is InChI=1S/C14H11F2N5/c15-7-21-8-19-12(9-1-3-10(16)4-2-9)13(21)11-5-6-18-14(17)20-11/h1-6,8H,7H2,(H2,17,18,20). The molecule has 3 aromatic rings. The molecule has 0 radical (unpaired) electrons. The lowest BCUT2D eigenvalue weighted by Crippen LogP contribution is -2.00. The van der Waals surface area contributed by atoms with Crippen LogP contribution < -0.4 is 5.73 Å². The normalized spacial score (nSPS) is 10.8. The second-order valence-corrected chi connectivity index (χ2v) is 4.34. The Bertz CT molecular complexity index is 767. The van der Waals surface area contributed by atoms with Crippen molar-refractivity contribution in [2.75, 3.05) is 5.73 Å². The lowest BCUT2D eigenvalue weighted by Gasteiger charge is -2.07. The summed E-state index contributed by atoms with van der Waals surface area (Å²) < 4.78 is 27.5. The van der Waals surface area contributed by atoms with E-state index in [4.69, 9.17) is 5.73 Å². The van der Waals surface area contributed by atoms with E-state index in [0.717, 1.165) is 0 Å². The summed E-state index contributed by atoms with van der Waals surface area (Å²) >= 11 is 0. The van der Waals surface area contributed by atoms with Crippen molar-refractivity contribution in [2.24, 2.45) is 0 Å². The van der Waals surface area contributed by atoms with Crippen LogP contribution in [0.3, 0.4) is 0 Å². The molecule has 0 aliphatic carbocycles. The van der Waals surface area contributed by atoms with Gasteiger partial charge in [0.05, 0.1) is 23.4 Å². The number of nitrogens with two attached hydrogens (primary N) is 1. The quantitative estimate of drug-likeness (QED) is 0.804. The molecule has 0 atom stereocenters. The Hall–Kier alpha value is -2.83. The van der Waals surface area contributed by atoms with Crippen molar-refractivity contribution in [3.8, 4) is 22.6 Å². The van der Waals surface area contributed by atoms with Crippen molar-refractivity contribution < 1.29 is 8.78 Å². The molecule has 0 saturated heterocycles. The van der Waals surface area contributed by atoms with E-state index in [0.29, 0.717) is 22.6 Å². The summed E-state index contributed by atoms with van der Waals surface area (Å²) in [6.45, 7) is -0.757. The van der Waals surface area contributed by atoms with E-state index in [2.05, 4.69) is 15.0 Å². The predicted octanol–water partition coefficient (Wildman–Crippen LogP) is 2.66. The number of anilines is 1. The van der Waals surface area contributed by atoms with Gasteiger partial charge in [0.1, 0.15) is 5.82 Å². The Morgan fingerprint density at radius 2 is 1.86 bits per heavy atom. The first-order valence-electron chi connectivity index (χ1n) is 6.15. The molecular formula is C14H11F2N5. The number of hydrogen-bond donors (Lipinski definition) is 1. The van der Waals surface area contributed by atoms with E-state index in [9.17, 15) is 8.78 Å². The molecule has 0 bridgehead atoms. The average Bonchev–Trinajstić information content (AvgIpc) is 2.92. The molecule has 7 heteroatoms. The van der Waals surface area contributed by atoms with Gasteiger partial charge in [-0.25, -0.2) is 23.7 Å². The fraction of sp³-hybridized carbons (Fsp3) is 0.0714. The third-order valence-corrected chi connectivity index (χ3v) is 3.00. The molecule has 0 amide bonds. The van der Waals surface area contributed by atoms with Gasteiger partial charge in [0, 0.05) is 11.8 Å². The van der Waals surface area contributed by atoms with Gasteiger partial charge < -0.3 is 5.73 Å². The number of benzene rings is 1. The molecule has 0 aliphatic heterocycles. The number of imidazole rings is 1. The van der Waals surface area contributed by atoms with Gasteiger partial charge in [0.15, 0.2) is 6.80 Å². The van der Waals surface area contributed by atoms with Gasteiger partial charge >= 0.3 is 0 Å². The fourth-order valence-corrected chi connectivity index (χ4v) is 2.07. The molecule has 21 heavy (non-hydrogen) atoms. The van der Waals surface area contributed by atoms with E-state index in [1.807, 2.05) is 0 Å². The SMILES string of the molecule is Nc1nccc(-c2c(-c3ccc(F)cc3)ncn2CF)n1. The van der Waals surface area contributed by atoms with Crippen LogP contribution in [0.1, 0.15) is 0 Å². The molecule has 5 nitrogen and oxygen atoms in total. The second kappa shape index (κ2) is 5.28. The molecular weight excluding hydrogens is 276 g/mol. The molecule has 2 aromatic heterocycles. The molecule has 0 saturated carbocycles. The minimum absolute atomic E-state index is 0.0872. The summed E-state index contributed by atoms with van der Waals surface area (Å²) in [6.07, 6.45) is 2.86. The van der Waals surface area contributed by atoms with Gasteiger partial charge in [-0.2, -0.15) is 0 Å². The number of rotatable bonds is 3. The summed E-state index contributed by atoms with van der Waals surface area (Å²) in [6, 6.07) is 7.42. The zero-order chi connectivity index (χ0) is 14.8. The predicted molar refractivity (Wildman–Crippen MR) is 74.2 cm³/mol. The molecule has 0 fully saturated rings. The highest BCUT2D eigenvalue weighted by molar-refractivity contribution is 5.76. The summed E-state index contributed by atoms with van der Waals surface area (Å²) in [4.78, 5) is 12.1. The average molecular weight is 287 g/mol. The molecule has 2 heterocycles. The first-order valence-corrected chi connectivity index (χ1v) is 6.15. The lowest BCUT2D eigenvalue weighted by atomic mass is 10.1. The first kappa shape index (κ1) is 13.2. The largest absolute Gasteiger partial charge is 0.368 e. The number of nitrogens with zero attached hydrogens (tertiary/aromatic N) is 4. The topological polar surface area (TPSA) is 69.6 Å². The van der Waals surface area contributed by atoms with Gasteiger partial charge in [-0.15, -0.1) is 0 Å². The Morgan fingerprint density at radius 1 is 1.10 bits per heavy atom. The van der Waals surface area contributed by atoms with E-state index >= 15 is 0 Å². The zero-order valence-corrected chi connectivity index (χ0v) is 10.9. The van der Waals surface area contributed by atoms with Crippen LogP contribution in [0.4, 0.5) is 14.7 Å². The van der Waals surface area contributed by atoms with Crippen molar-refractivity contribution in [1.29, 1.82) is 0 Å². The highest BCUT2D eigenvalue weighted by Gasteiger charge is 2.16. The molecule has 0 aliphatic rings. The number of hydrogen-bond acceptors (Lipinski definition) is 4. The number of nitrogen functional groups attached to an aromatic ring is 1. The summed E-state index contributed by atoms with van der Waals surface area (Å²) in [5, 5.41) is 0. The molecule has 0 spiro atoms. The van der Waals surface area contributed by atoms with Gasteiger partial charge in [-0.1, -0.05) is 0 Å². The Morgan fingerprint density at radius 3 is 2.52 bits per heavy atom. The molecule has 0 unspecified atom stereocenters. The number of aromatic nitrogens is 4. The van der Waals surface area contributed by atoms with Crippen LogP contribution in [-0.4, -0.2) is 19.5 Å². The van der Waals surface area contributed by atoms with E-state index < -0.39 is 6.80 Å². The van der Waals surface area contributed by atoms with E-state index in [-0.39, 0.29) is 11.8 Å². The van der Waals surface area contributed by atoms with Gasteiger partial charge in [-0.3, -0.25) is 4.57 Å². The fourth-order valence-electron chi connectivity index (χ4n) is 2.07. The van der Waals surface area contributed by atoms with Crippen LogP contribution in [-0.2, 0) is 6.80 Å². The maximum atomic E-state index is 13.2. The van der Waals surface area contributed by atoms with E-state index in [1.54, 1.807) is 18.2 Å². The van der Waals surface area contributed by atoms with Crippen molar-refractivity contribution in [2.45, 2.75) is 6.80 Å². The van der Waals surface area contributed by atoms with Crippen LogP contribution >= 0.6 is 0 Å². The zero-order valence-electron chi connectivity index (χ0n) is 10.9. The van der Waals surface area contributed by atoms with Gasteiger partial charge in [-0.05, 0) is 30.3 Å². The maximum Gasteiger partial charge on any atom is 0.220 e. The highest BCUT2D eigenvalue weighted by atomic mass is 19.1. The number of halogens is 2. The second-order valence-electron chi connectivity index (χ2n) is 4.34. The van der Waals surface area contributed by atoms with Crippen LogP contribution in [0.5, 0.6) is 0 Å². The minimum Gasteiger partial charge on any atom is -0.368 e. The Labute approximate surface area is 119 Å². The van der Waals surface area contributed by atoms with Crippen LogP contribution in [0.2, 0.25) is 0 Å². The first-order chi connectivity index (χ1) is 10.2. The third-order valence-electron chi connectivity index (χ3n) is 3.00. The Balaban J connectivity index is 2.19. The third kappa shape index (κ3) is 2.45. The van der Waals surface area contributed by atoms with E-state index in [1.165, 1.54) is 29.2 Å². The smallest absolute Gasteiger partial charge is 0.220 e. The van der Waals surface area contributed by atoms with Crippen molar-refractivity contribution in [1.82, 2.24) is 19.5 Å². The van der Waals surface area contributed by atoms with Crippen molar-refractivity contribution in [3.05, 3.63) is 48.7 Å². The van der Waals surface area contributed by atoms with Crippen LogP contribution in [0.15, 0.2) is 42.9 Å². The molecule has 2 N–H and O–H groups in total. The van der Waals surface area contributed by atoms with Crippen LogP contribution in [0, 0.1) is 5.82 Å².